The molecule has 1 amide bonds. The second-order valence-corrected chi connectivity index (χ2v) is 4.60. The standard InChI is InChI=1S/C13H23NO3/c1-9(2)14(10(3)4)13(16)17-8-7-11(5)12(6)15/h8-10,12,15H,1-6H3/t7?,12-/m1/s1. The molecular formula is C13H23NO3. The fourth-order valence-corrected chi connectivity index (χ4v) is 1.37. The van der Waals surface area contributed by atoms with Crippen LogP contribution in [0.1, 0.15) is 41.5 Å². The average molecular weight is 241 g/mol. The van der Waals surface area contributed by atoms with Crippen LogP contribution in [0.3, 0.4) is 0 Å². The highest BCUT2D eigenvalue weighted by molar-refractivity contribution is 5.68. The molecule has 0 heterocycles. The SMILES string of the molecule is CC(=C=COC(=O)N(C(C)C)C(C)C)[C@@H](C)O. The van der Waals surface area contributed by atoms with Gasteiger partial charge in [-0.05, 0) is 47.1 Å². The molecule has 0 aliphatic carbocycles. The third-order valence-electron chi connectivity index (χ3n) is 2.40. The molecule has 0 aromatic heterocycles. The molecule has 0 saturated carbocycles. The molecule has 0 fully saturated rings. The van der Waals surface area contributed by atoms with Gasteiger partial charge in [0.15, 0.2) is 0 Å². The van der Waals surface area contributed by atoms with Gasteiger partial charge in [0, 0.05) is 12.1 Å². The van der Waals surface area contributed by atoms with Crippen LogP contribution in [0, 0.1) is 0 Å². The summed E-state index contributed by atoms with van der Waals surface area (Å²) in [7, 11) is 0. The van der Waals surface area contributed by atoms with Gasteiger partial charge in [-0.15, -0.1) is 0 Å². The summed E-state index contributed by atoms with van der Waals surface area (Å²) in [6.07, 6.45) is 0.208. The van der Waals surface area contributed by atoms with Crippen molar-refractivity contribution in [3.05, 3.63) is 17.6 Å². The molecular weight excluding hydrogens is 218 g/mol. The molecule has 1 atom stereocenters. The van der Waals surface area contributed by atoms with Gasteiger partial charge in [-0.2, -0.15) is 0 Å². The first-order chi connectivity index (χ1) is 7.77. The van der Waals surface area contributed by atoms with Crippen molar-refractivity contribution in [1.29, 1.82) is 0 Å². The minimum atomic E-state index is -0.587. The number of nitrogens with zero attached hydrogens (tertiary/aromatic N) is 1. The van der Waals surface area contributed by atoms with Crippen molar-refractivity contribution in [1.82, 2.24) is 4.90 Å². The van der Waals surface area contributed by atoms with E-state index in [1.165, 1.54) is 6.26 Å². The zero-order valence-electron chi connectivity index (χ0n) is 11.5. The van der Waals surface area contributed by atoms with Crippen LogP contribution in [0.25, 0.3) is 0 Å². The fraction of sp³-hybridized carbons (Fsp3) is 0.692. The predicted molar refractivity (Wildman–Crippen MR) is 67.5 cm³/mol. The van der Waals surface area contributed by atoms with Crippen LogP contribution in [-0.2, 0) is 4.74 Å². The normalized spacial score (nSPS) is 12.1. The lowest BCUT2D eigenvalue weighted by Gasteiger charge is -2.28. The summed E-state index contributed by atoms with van der Waals surface area (Å²) in [5, 5.41) is 9.20. The molecule has 0 aliphatic rings. The van der Waals surface area contributed by atoms with Crippen LogP contribution in [0.2, 0.25) is 0 Å². The van der Waals surface area contributed by atoms with E-state index in [1.54, 1.807) is 18.7 Å². The maximum Gasteiger partial charge on any atom is 0.415 e. The van der Waals surface area contributed by atoms with Crippen molar-refractivity contribution in [3.8, 4) is 0 Å². The van der Waals surface area contributed by atoms with Crippen LogP contribution in [0.5, 0.6) is 0 Å². The highest BCUT2D eigenvalue weighted by Gasteiger charge is 2.20. The van der Waals surface area contributed by atoms with Gasteiger partial charge >= 0.3 is 6.09 Å². The van der Waals surface area contributed by atoms with Crippen LogP contribution >= 0.6 is 0 Å². The summed E-state index contributed by atoms with van der Waals surface area (Å²) in [6.45, 7) is 11.1. The first kappa shape index (κ1) is 15.8. The lowest BCUT2D eigenvalue weighted by Crippen LogP contribution is -2.41. The minimum absolute atomic E-state index is 0.0812. The Morgan fingerprint density at radius 3 is 2.06 bits per heavy atom. The van der Waals surface area contributed by atoms with Gasteiger partial charge < -0.3 is 14.7 Å². The second-order valence-electron chi connectivity index (χ2n) is 4.60. The van der Waals surface area contributed by atoms with Gasteiger partial charge in [-0.25, -0.2) is 4.79 Å². The Kier molecular flexibility index (Phi) is 6.62. The third-order valence-corrected chi connectivity index (χ3v) is 2.40. The molecule has 0 bridgehead atoms. The maximum absolute atomic E-state index is 11.7. The molecule has 0 unspecified atom stereocenters. The summed E-state index contributed by atoms with van der Waals surface area (Å²) < 4.78 is 4.97. The van der Waals surface area contributed by atoms with Crippen molar-refractivity contribution in [2.45, 2.75) is 59.7 Å². The Morgan fingerprint density at radius 1 is 1.24 bits per heavy atom. The first-order valence-electron chi connectivity index (χ1n) is 5.86. The molecule has 98 valence electrons. The lowest BCUT2D eigenvalue weighted by molar-refractivity contribution is 0.109. The molecule has 1 N–H and O–H groups in total. The van der Waals surface area contributed by atoms with Crippen molar-refractivity contribution in [3.63, 3.8) is 0 Å². The van der Waals surface area contributed by atoms with Gasteiger partial charge in [0.05, 0.1) is 6.10 Å². The largest absolute Gasteiger partial charge is 0.415 e. The number of amides is 1. The molecule has 0 rings (SSSR count). The van der Waals surface area contributed by atoms with E-state index in [4.69, 9.17) is 4.74 Å². The van der Waals surface area contributed by atoms with Crippen molar-refractivity contribution in [2.24, 2.45) is 0 Å². The topological polar surface area (TPSA) is 49.8 Å². The minimum Gasteiger partial charge on any atom is -0.410 e. The van der Waals surface area contributed by atoms with E-state index >= 15 is 0 Å². The van der Waals surface area contributed by atoms with Gasteiger partial charge in [-0.1, -0.05) is 5.73 Å². The van der Waals surface area contributed by atoms with Crippen LogP contribution in [0.4, 0.5) is 4.79 Å². The van der Waals surface area contributed by atoms with Crippen LogP contribution in [-0.4, -0.2) is 34.3 Å². The Bertz CT molecular complexity index is 305. The van der Waals surface area contributed by atoms with E-state index in [-0.39, 0.29) is 12.1 Å². The Morgan fingerprint density at radius 2 is 1.71 bits per heavy atom. The monoisotopic (exact) mass is 241 g/mol. The molecule has 0 radical (unpaired) electrons. The first-order valence-corrected chi connectivity index (χ1v) is 5.86. The Hall–Kier alpha value is -1.25. The van der Waals surface area contributed by atoms with Gasteiger partial charge in [0.2, 0.25) is 0 Å². The number of hydrogen-bond donors (Lipinski definition) is 1. The van der Waals surface area contributed by atoms with E-state index in [0.29, 0.717) is 5.57 Å². The number of aliphatic hydroxyl groups excluding tert-OH is 1. The molecule has 0 saturated heterocycles. The summed E-state index contributed by atoms with van der Waals surface area (Å²) in [5.41, 5.74) is 3.34. The lowest BCUT2D eigenvalue weighted by atomic mass is 10.2. The number of ether oxygens (including phenoxy) is 1. The van der Waals surface area contributed by atoms with Crippen LogP contribution in [0.15, 0.2) is 17.6 Å². The smallest absolute Gasteiger partial charge is 0.410 e. The molecule has 4 nitrogen and oxygen atoms in total. The number of aliphatic hydroxyl groups is 1. The molecule has 0 spiro atoms. The Balaban J connectivity index is 4.60. The third kappa shape index (κ3) is 5.57. The second kappa shape index (κ2) is 7.15. The summed E-state index contributed by atoms with van der Waals surface area (Å²) >= 11 is 0. The summed E-state index contributed by atoms with van der Waals surface area (Å²) in [5.74, 6) is 0. The summed E-state index contributed by atoms with van der Waals surface area (Å²) in [4.78, 5) is 13.4. The molecule has 17 heavy (non-hydrogen) atoms. The molecule has 0 aliphatic heterocycles. The van der Waals surface area contributed by atoms with E-state index in [2.05, 4.69) is 5.73 Å². The van der Waals surface area contributed by atoms with Crippen molar-refractivity contribution >= 4 is 6.09 Å². The Labute approximate surface area is 104 Å². The van der Waals surface area contributed by atoms with Gasteiger partial charge in [0.25, 0.3) is 0 Å². The van der Waals surface area contributed by atoms with Crippen LogP contribution < -0.4 is 0 Å². The zero-order chi connectivity index (χ0) is 13.6. The summed E-state index contributed by atoms with van der Waals surface area (Å²) in [6, 6.07) is 0.162. The predicted octanol–water partition coefficient (Wildman–Crippen LogP) is 2.68. The fourth-order valence-electron chi connectivity index (χ4n) is 1.37. The molecule has 4 heteroatoms. The quantitative estimate of drug-likeness (QED) is 0.608. The number of rotatable bonds is 4. The number of carbonyl (C=O) groups excluding carboxylic acids is 1. The number of carbonyl (C=O) groups is 1. The molecule has 0 aromatic rings. The average Bonchev–Trinajstić information content (AvgIpc) is 2.15. The highest BCUT2D eigenvalue weighted by Crippen LogP contribution is 2.07. The number of hydrogen-bond acceptors (Lipinski definition) is 3. The van der Waals surface area contributed by atoms with E-state index in [9.17, 15) is 9.90 Å². The van der Waals surface area contributed by atoms with E-state index in [1.807, 2.05) is 27.7 Å². The molecule has 0 aromatic carbocycles. The van der Waals surface area contributed by atoms with Gasteiger partial charge in [-0.3, -0.25) is 0 Å². The zero-order valence-corrected chi connectivity index (χ0v) is 11.5. The van der Waals surface area contributed by atoms with Crippen molar-refractivity contribution in [2.75, 3.05) is 0 Å². The van der Waals surface area contributed by atoms with E-state index < -0.39 is 12.2 Å². The van der Waals surface area contributed by atoms with E-state index in [0.717, 1.165) is 0 Å². The maximum atomic E-state index is 11.7. The highest BCUT2D eigenvalue weighted by atomic mass is 16.5. The van der Waals surface area contributed by atoms with Crippen molar-refractivity contribution < 1.29 is 14.6 Å². The van der Waals surface area contributed by atoms with Gasteiger partial charge in [0.1, 0.15) is 6.26 Å².